The van der Waals surface area contributed by atoms with Crippen LogP contribution in [0.3, 0.4) is 0 Å². The Morgan fingerprint density at radius 2 is 1.75 bits per heavy atom. The lowest BCUT2D eigenvalue weighted by atomic mass is 9.92. The number of amides is 1. The molecule has 0 bridgehead atoms. The minimum atomic E-state index is -1.16. The van der Waals surface area contributed by atoms with Crippen molar-refractivity contribution in [2.45, 2.75) is 25.5 Å². The minimum Gasteiger partial charge on any atom is -0.387 e. The molecule has 24 heavy (non-hydrogen) atoms. The third-order valence-electron chi connectivity index (χ3n) is 3.83. The minimum absolute atomic E-state index is 0. The molecule has 0 aromatic heterocycles. The molecule has 2 unspecified atom stereocenters. The Balaban J connectivity index is 0.00000288. The summed E-state index contributed by atoms with van der Waals surface area (Å²) in [5.74, 6) is -0.328. The monoisotopic (exact) mass is 412 g/mol. The van der Waals surface area contributed by atoms with Gasteiger partial charge in [0.25, 0.3) is 0 Å². The molecule has 0 heterocycles. The Kier molecular flexibility index (Phi) is 7.42. The zero-order valence-corrected chi connectivity index (χ0v) is 16.0. The predicted molar refractivity (Wildman–Crippen MR) is 102 cm³/mol. The molecule has 0 aliphatic carbocycles. The fourth-order valence-electron chi connectivity index (χ4n) is 2.21. The number of nitrogens with two attached hydrogens (primary N) is 1. The Hall–Kier alpha value is -1.40. The molecule has 0 aliphatic rings. The largest absolute Gasteiger partial charge is 0.387 e. The van der Waals surface area contributed by atoms with Crippen molar-refractivity contribution >= 4 is 34.2 Å². The van der Waals surface area contributed by atoms with Crippen molar-refractivity contribution in [1.82, 2.24) is 5.32 Å². The van der Waals surface area contributed by atoms with Gasteiger partial charge in [0, 0.05) is 11.0 Å². The molecule has 6 heteroatoms. The Labute approximate surface area is 157 Å². The molecule has 0 spiro atoms. The van der Waals surface area contributed by atoms with E-state index in [1.54, 1.807) is 19.1 Å². The summed E-state index contributed by atoms with van der Waals surface area (Å²) in [7, 11) is 0. The molecule has 0 saturated carbocycles. The SMILES string of the molecule is Cc1ccc(C(O)CNC(=O)C(C)(N)c2ccc(Br)cc2)cc1.Cl. The summed E-state index contributed by atoms with van der Waals surface area (Å²) >= 11 is 3.36. The number of aliphatic hydroxyl groups is 1. The predicted octanol–water partition coefficient (Wildman–Crippen LogP) is 3.20. The van der Waals surface area contributed by atoms with Crippen LogP contribution in [0.5, 0.6) is 0 Å². The third kappa shape index (κ3) is 5.05. The van der Waals surface area contributed by atoms with Crippen LogP contribution in [0.25, 0.3) is 0 Å². The number of aliphatic hydroxyl groups excluding tert-OH is 1. The second-order valence-electron chi connectivity index (χ2n) is 5.85. The first-order valence-electron chi connectivity index (χ1n) is 7.38. The van der Waals surface area contributed by atoms with Gasteiger partial charge < -0.3 is 16.2 Å². The Morgan fingerprint density at radius 3 is 2.29 bits per heavy atom. The summed E-state index contributed by atoms with van der Waals surface area (Å²) in [5, 5.41) is 12.9. The van der Waals surface area contributed by atoms with E-state index < -0.39 is 11.6 Å². The second-order valence-corrected chi connectivity index (χ2v) is 6.76. The van der Waals surface area contributed by atoms with Crippen LogP contribution < -0.4 is 11.1 Å². The lowest BCUT2D eigenvalue weighted by Gasteiger charge is -2.25. The van der Waals surface area contributed by atoms with Gasteiger partial charge in [-0.2, -0.15) is 0 Å². The fraction of sp³-hybridized carbons (Fsp3) is 0.278. The van der Waals surface area contributed by atoms with Gasteiger partial charge in [0.2, 0.25) is 5.91 Å². The van der Waals surface area contributed by atoms with Crippen LogP contribution >= 0.6 is 28.3 Å². The number of nitrogens with one attached hydrogen (secondary N) is 1. The quantitative estimate of drug-likeness (QED) is 0.704. The first-order valence-corrected chi connectivity index (χ1v) is 8.18. The lowest BCUT2D eigenvalue weighted by molar-refractivity contribution is -0.126. The molecule has 4 nitrogen and oxygen atoms in total. The third-order valence-corrected chi connectivity index (χ3v) is 4.36. The first kappa shape index (κ1) is 20.6. The van der Waals surface area contributed by atoms with E-state index in [-0.39, 0.29) is 24.9 Å². The number of rotatable bonds is 5. The van der Waals surface area contributed by atoms with Gasteiger partial charge in [-0.3, -0.25) is 4.79 Å². The van der Waals surface area contributed by atoms with Gasteiger partial charge in [0.05, 0.1) is 6.10 Å². The van der Waals surface area contributed by atoms with Crippen molar-refractivity contribution in [1.29, 1.82) is 0 Å². The number of hydrogen-bond acceptors (Lipinski definition) is 3. The summed E-state index contributed by atoms with van der Waals surface area (Å²) in [5.41, 5.74) is 7.60. The van der Waals surface area contributed by atoms with Crippen LogP contribution in [0.4, 0.5) is 0 Å². The van der Waals surface area contributed by atoms with Gasteiger partial charge in [-0.05, 0) is 37.1 Å². The van der Waals surface area contributed by atoms with Crippen molar-refractivity contribution in [3.05, 3.63) is 69.7 Å². The fourth-order valence-corrected chi connectivity index (χ4v) is 2.47. The molecule has 130 valence electrons. The smallest absolute Gasteiger partial charge is 0.244 e. The summed E-state index contributed by atoms with van der Waals surface area (Å²) < 4.78 is 0.923. The van der Waals surface area contributed by atoms with Gasteiger partial charge in [-0.25, -0.2) is 0 Å². The van der Waals surface area contributed by atoms with Crippen molar-refractivity contribution < 1.29 is 9.90 Å². The van der Waals surface area contributed by atoms with Crippen molar-refractivity contribution in [3.63, 3.8) is 0 Å². The van der Waals surface area contributed by atoms with Crippen LogP contribution in [-0.2, 0) is 10.3 Å². The molecule has 0 saturated heterocycles. The van der Waals surface area contributed by atoms with E-state index in [9.17, 15) is 9.90 Å². The van der Waals surface area contributed by atoms with E-state index in [4.69, 9.17) is 5.73 Å². The molecule has 0 fully saturated rings. The Morgan fingerprint density at radius 1 is 1.21 bits per heavy atom. The number of halogens is 2. The van der Waals surface area contributed by atoms with Crippen molar-refractivity contribution in [2.75, 3.05) is 6.54 Å². The summed E-state index contributed by atoms with van der Waals surface area (Å²) in [4.78, 5) is 12.4. The molecule has 2 rings (SSSR count). The number of aryl methyl sites for hydroxylation is 1. The van der Waals surface area contributed by atoms with Gasteiger partial charge in [-0.1, -0.05) is 57.9 Å². The zero-order valence-electron chi connectivity index (χ0n) is 13.6. The number of carbonyl (C=O) groups is 1. The van der Waals surface area contributed by atoms with Gasteiger partial charge >= 0.3 is 0 Å². The summed E-state index contributed by atoms with van der Waals surface area (Å²) in [6, 6.07) is 14.8. The van der Waals surface area contributed by atoms with Gasteiger partial charge in [0.15, 0.2) is 0 Å². The van der Waals surface area contributed by atoms with Crippen LogP contribution in [0.15, 0.2) is 53.0 Å². The highest BCUT2D eigenvalue weighted by molar-refractivity contribution is 9.10. The highest BCUT2D eigenvalue weighted by Gasteiger charge is 2.30. The Bertz CT molecular complexity index is 672. The average molecular weight is 414 g/mol. The van der Waals surface area contributed by atoms with Crippen LogP contribution in [0, 0.1) is 6.92 Å². The molecule has 0 radical (unpaired) electrons. The molecule has 0 aliphatic heterocycles. The van der Waals surface area contributed by atoms with Gasteiger partial charge in [-0.15, -0.1) is 12.4 Å². The summed E-state index contributed by atoms with van der Waals surface area (Å²) in [6.45, 7) is 3.76. The zero-order chi connectivity index (χ0) is 17.0. The molecule has 2 atom stereocenters. The normalized spacial score (nSPS) is 14.2. The van der Waals surface area contributed by atoms with E-state index in [2.05, 4.69) is 21.2 Å². The van der Waals surface area contributed by atoms with Crippen molar-refractivity contribution in [2.24, 2.45) is 5.73 Å². The maximum atomic E-state index is 12.4. The molecule has 2 aromatic rings. The maximum absolute atomic E-state index is 12.4. The topological polar surface area (TPSA) is 75.3 Å². The highest BCUT2D eigenvalue weighted by atomic mass is 79.9. The molecule has 4 N–H and O–H groups in total. The van der Waals surface area contributed by atoms with Gasteiger partial charge in [0.1, 0.15) is 5.54 Å². The van der Waals surface area contributed by atoms with Crippen molar-refractivity contribution in [3.8, 4) is 0 Å². The molecule has 1 amide bonds. The number of carbonyl (C=O) groups excluding carboxylic acids is 1. The summed E-state index contributed by atoms with van der Waals surface area (Å²) in [6.07, 6.45) is -0.764. The van der Waals surface area contributed by atoms with E-state index in [0.29, 0.717) is 5.56 Å². The first-order chi connectivity index (χ1) is 10.8. The van der Waals surface area contributed by atoms with E-state index in [0.717, 1.165) is 15.6 Å². The van der Waals surface area contributed by atoms with E-state index >= 15 is 0 Å². The average Bonchev–Trinajstić information content (AvgIpc) is 2.53. The maximum Gasteiger partial charge on any atom is 0.244 e. The van der Waals surface area contributed by atoms with Crippen LogP contribution in [0.2, 0.25) is 0 Å². The van der Waals surface area contributed by atoms with E-state index in [1.165, 1.54) is 0 Å². The van der Waals surface area contributed by atoms with Crippen LogP contribution in [0.1, 0.15) is 29.7 Å². The molecule has 2 aromatic carbocycles. The standard InChI is InChI=1S/C18H21BrN2O2.ClH/c1-12-3-5-13(6-4-12)16(22)11-21-17(23)18(2,20)14-7-9-15(19)10-8-14;/h3-10,16,22H,11,20H2,1-2H3,(H,21,23);1H. The molecular formula is C18H22BrClN2O2. The highest BCUT2D eigenvalue weighted by Crippen LogP contribution is 2.21. The second kappa shape index (κ2) is 8.62. The molecular weight excluding hydrogens is 392 g/mol. The number of benzene rings is 2. The van der Waals surface area contributed by atoms with E-state index in [1.807, 2.05) is 43.3 Å². The number of hydrogen-bond donors (Lipinski definition) is 3. The van der Waals surface area contributed by atoms with Crippen LogP contribution in [-0.4, -0.2) is 17.6 Å². The lowest BCUT2D eigenvalue weighted by Crippen LogP contribution is -2.49.